The molecule has 108 valence electrons. The molecule has 0 aromatic heterocycles. The summed E-state index contributed by atoms with van der Waals surface area (Å²) in [5.41, 5.74) is 7.30. The monoisotopic (exact) mass is 269 g/mol. The van der Waals surface area contributed by atoms with Gasteiger partial charge in [0.25, 0.3) is 0 Å². The fraction of sp³-hybridized carbons (Fsp3) is 0.474. The summed E-state index contributed by atoms with van der Waals surface area (Å²) in [5, 5.41) is 3.69. The Kier molecular flexibility index (Phi) is 4.19. The van der Waals surface area contributed by atoms with Crippen LogP contribution in [0.1, 0.15) is 65.1 Å². The molecule has 0 fully saturated rings. The van der Waals surface area contributed by atoms with Gasteiger partial charge in [0.15, 0.2) is 0 Å². The lowest BCUT2D eigenvalue weighted by atomic mass is 9.91. The lowest BCUT2D eigenvalue weighted by Crippen LogP contribution is -2.37. The van der Waals surface area contributed by atoms with E-state index in [1.807, 2.05) is 0 Å². The smallest absolute Gasteiger partial charge is 0.0302 e. The Morgan fingerprint density at radius 1 is 1.10 bits per heavy atom. The van der Waals surface area contributed by atoms with Gasteiger partial charge in [0.2, 0.25) is 0 Å². The summed E-state index contributed by atoms with van der Waals surface area (Å²) >= 11 is 0. The van der Waals surface area contributed by atoms with Crippen LogP contribution in [0.5, 0.6) is 0 Å². The minimum atomic E-state index is 0.125. The van der Waals surface area contributed by atoms with E-state index in [9.17, 15) is 0 Å². The Morgan fingerprint density at radius 3 is 2.30 bits per heavy atom. The number of allylic oxidation sites excluding steroid dienone is 4. The number of nitrogens with one attached hydrogen (secondary N) is 1. The highest BCUT2D eigenvalue weighted by Crippen LogP contribution is 2.36. The normalized spacial score (nSPS) is 17.4. The molecule has 1 atom stereocenters. The third kappa shape index (κ3) is 3.40. The van der Waals surface area contributed by atoms with Gasteiger partial charge in [-0.15, -0.1) is 0 Å². The van der Waals surface area contributed by atoms with Gasteiger partial charge in [0, 0.05) is 11.6 Å². The summed E-state index contributed by atoms with van der Waals surface area (Å²) in [6.07, 6.45) is 3.40. The zero-order chi connectivity index (χ0) is 14.9. The molecule has 0 radical (unpaired) electrons. The van der Waals surface area contributed by atoms with E-state index in [2.05, 4.69) is 77.2 Å². The Hall–Kier alpha value is -1.34. The maximum atomic E-state index is 3.69. The molecule has 1 aromatic rings. The van der Waals surface area contributed by atoms with E-state index in [1.165, 1.54) is 27.8 Å². The van der Waals surface area contributed by atoms with Crippen LogP contribution in [0.4, 0.5) is 0 Å². The van der Waals surface area contributed by atoms with Crippen molar-refractivity contribution in [3.8, 4) is 0 Å². The van der Waals surface area contributed by atoms with Gasteiger partial charge in [-0.3, -0.25) is 0 Å². The van der Waals surface area contributed by atoms with Crippen LogP contribution < -0.4 is 5.32 Å². The molecule has 1 N–H and O–H groups in total. The maximum absolute atomic E-state index is 3.69. The second-order valence-electron chi connectivity index (χ2n) is 7.03. The van der Waals surface area contributed by atoms with E-state index in [0.29, 0.717) is 6.04 Å². The number of rotatable bonds is 3. The fourth-order valence-corrected chi connectivity index (χ4v) is 3.11. The molecule has 0 saturated carbocycles. The third-order valence-electron chi connectivity index (χ3n) is 3.80. The van der Waals surface area contributed by atoms with Gasteiger partial charge in [-0.25, -0.2) is 0 Å². The van der Waals surface area contributed by atoms with E-state index in [0.717, 1.165) is 6.42 Å². The largest absolute Gasteiger partial charge is 0.306 e. The van der Waals surface area contributed by atoms with Crippen molar-refractivity contribution in [2.24, 2.45) is 0 Å². The van der Waals surface area contributed by atoms with E-state index in [1.54, 1.807) is 0 Å². The van der Waals surface area contributed by atoms with E-state index >= 15 is 0 Å². The lowest BCUT2D eigenvalue weighted by Gasteiger charge is -2.28. The summed E-state index contributed by atoms with van der Waals surface area (Å²) in [7, 11) is 0. The van der Waals surface area contributed by atoms with Gasteiger partial charge in [-0.05, 0) is 70.2 Å². The average molecular weight is 269 g/mol. The molecule has 0 amide bonds. The lowest BCUT2D eigenvalue weighted by molar-refractivity contribution is 0.378. The Labute approximate surface area is 123 Å². The Morgan fingerprint density at radius 2 is 1.75 bits per heavy atom. The van der Waals surface area contributed by atoms with Crippen LogP contribution in [0.15, 0.2) is 41.5 Å². The third-order valence-corrected chi connectivity index (χ3v) is 3.80. The van der Waals surface area contributed by atoms with Crippen LogP contribution in [0, 0.1) is 0 Å². The quantitative estimate of drug-likeness (QED) is 0.789. The predicted octanol–water partition coefficient (Wildman–Crippen LogP) is 5.26. The van der Waals surface area contributed by atoms with Crippen molar-refractivity contribution in [1.82, 2.24) is 5.32 Å². The molecule has 0 saturated heterocycles. The van der Waals surface area contributed by atoms with Crippen LogP contribution in [0.3, 0.4) is 0 Å². The molecule has 1 aliphatic rings. The fourth-order valence-electron chi connectivity index (χ4n) is 3.11. The average Bonchev–Trinajstić information content (AvgIpc) is 2.66. The van der Waals surface area contributed by atoms with E-state index < -0.39 is 0 Å². The minimum Gasteiger partial charge on any atom is -0.306 e. The highest BCUT2D eigenvalue weighted by atomic mass is 15.0. The molecule has 1 nitrogen and oxygen atoms in total. The zero-order valence-corrected chi connectivity index (χ0v) is 13.7. The molecule has 20 heavy (non-hydrogen) atoms. The van der Waals surface area contributed by atoms with Gasteiger partial charge in [-0.1, -0.05) is 35.9 Å². The molecular formula is C19H27N. The number of hydrogen-bond donors (Lipinski definition) is 1. The van der Waals surface area contributed by atoms with Crippen LogP contribution in [-0.4, -0.2) is 5.54 Å². The summed E-state index contributed by atoms with van der Waals surface area (Å²) < 4.78 is 0. The van der Waals surface area contributed by atoms with Gasteiger partial charge < -0.3 is 5.32 Å². The molecule has 1 aliphatic carbocycles. The summed E-state index contributed by atoms with van der Waals surface area (Å²) in [4.78, 5) is 0. The van der Waals surface area contributed by atoms with Crippen LogP contribution in [0.2, 0.25) is 0 Å². The summed E-state index contributed by atoms with van der Waals surface area (Å²) in [6.45, 7) is 13.4. The van der Waals surface area contributed by atoms with E-state index in [-0.39, 0.29) is 5.54 Å². The highest BCUT2D eigenvalue weighted by Gasteiger charge is 2.20. The molecular weight excluding hydrogens is 242 g/mol. The SMILES string of the molecule is CC1=CC(C)=C(c2ccccc2C(C)NC(C)(C)C)C1. The van der Waals surface area contributed by atoms with Crippen molar-refractivity contribution in [2.75, 3.05) is 0 Å². The van der Waals surface area contributed by atoms with Gasteiger partial charge >= 0.3 is 0 Å². The second kappa shape index (κ2) is 5.57. The molecule has 0 spiro atoms. The molecule has 2 rings (SSSR count). The zero-order valence-electron chi connectivity index (χ0n) is 13.7. The van der Waals surface area contributed by atoms with Gasteiger partial charge in [-0.2, -0.15) is 0 Å². The van der Waals surface area contributed by atoms with Crippen molar-refractivity contribution in [3.63, 3.8) is 0 Å². The predicted molar refractivity (Wildman–Crippen MR) is 88.7 cm³/mol. The number of benzene rings is 1. The summed E-state index contributed by atoms with van der Waals surface area (Å²) in [6, 6.07) is 9.17. The van der Waals surface area contributed by atoms with Crippen LogP contribution in [-0.2, 0) is 0 Å². The topological polar surface area (TPSA) is 12.0 Å². The molecule has 0 bridgehead atoms. The van der Waals surface area contributed by atoms with Crippen LogP contribution >= 0.6 is 0 Å². The Balaban J connectivity index is 2.35. The van der Waals surface area contributed by atoms with Gasteiger partial charge in [0.05, 0.1) is 0 Å². The first-order chi connectivity index (χ1) is 9.28. The highest BCUT2D eigenvalue weighted by molar-refractivity contribution is 5.77. The summed E-state index contributed by atoms with van der Waals surface area (Å²) in [5.74, 6) is 0. The van der Waals surface area contributed by atoms with Gasteiger partial charge in [0.1, 0.15) is 0 Å². The Bertz CT molecular complexity index is 555. The second-order valence-corrected chi connectivity index (χ2v) is 7.03. The molecule has 1 unspecified atom stereocenters. The maximum Gasteiger partial charge on any atom is 0.0302 e. The first-order valence-electron chi connectivity index (χ1n) is 7.52. The first-order valence-corrected chi connectivity index (χ1v) is 7.52. The van der Waals surface area contributed by atoms with Crippen molar-refractivity contribution in [3.05, 3.63) is 52.6 Å². The van der Waals surface area contributed by atoms with Crippen molar-refractivity contribution >= 4 is 5.57 Å². The first kappa shape index (κ1) is 15.1. The molecule has 0 aliphatic heterocycles. The van der Waals surface area contributed by atoms with E-state index in [4.69, 9.17) is 0 Å². The van der Waals surface area contributed by atoms with Crippen molar-refractivity contribution < 1.29 is 0 Å². The van der Waals surface area contributed by atoms with Crippen molar-refractivity contribution in [1.29, 1.82) is 0 Å². The number of hydrogen-bond acceptors (Lipinski definition) is 1. The standard InChI is InChI=1S/C19H27N/c1-13-11-14(2)18(12-13)17-10-8-7-9-16(17)15(3)20-19(4,5)6/h7-11,15,20H,12H2,1-6H3. The molecule has 1 heteroatoms. The van der Waals surface area contributed by atoms with Crippen LogP contribution in [0.25, 0.3) is 5.57 Å². The van der Waals surface area contributed by atoms with Crippen molar-refractivity contribution in [2.45, 2.75) is 59.5 Å². The molecule has 1 aromatic carbocycles. The minimum absolute atomic E-state index is 0.125. The molecule has 0 heterocycles.